The molecule has 4 heteroatoms. The van der Waals surface area contributed by atoms with Gasteiger partial charge in [-0.3, -0.25) is 4.68 Å². The van der Waals surface area contributed by atoms with Crippen molar-refractivity contribution < 1.29 is 0 Å². The van der Waals surface area contributed by atoms with E-state index < -0.39 is 0 Å². The largest absolute Gasteiger partial charge is 0.314 e. The van der Waals surface area contributed by atoms with Gasteiger partial charge < -0.3 is 5.32 Å². The Hall–Kier alpha value is -0.540. The Morgan fingerprint density at radius 2 is 2.00 bits per heavy atom. The molecule has 1 rings (SSSR count). The van der Waals surface area contributed by atoms with E-state index in [-0.39, 0.29) is 0 Å². The summed E-state index contributed by atoms with van der Waals surface area (Å²) in [6.45, 7) is 7.63. The topological polar surface area (TPSA) is 29.9 Å². The second-order valence-electron chi connectivity index (χ2n) is 5.31. The first kappa shape index (κ1) is 16.5. The van der Waals surface area contributed by atoms with Crippen LogP contribution in [0.1, 0.15) is 57.2 Å². The van der Waals surface area contributed by atoms with Crippen LogP contribution < -0.4 is 5.32 Å². The van der Waals surface area contributed by atoms with E-state index >= 15 is 0 Å². The van der Waals surface area contributed by atoms with Crippen LogP contribution in [-0.4, -0.2) is 22.4 Å². The van der Waals surface area contributed by atoms with Gasteiger partial charge in [-0.2, -0.15) is 5.10 Å². The molecule has 110 valence electrons. The molecule has 0 bridgehead atoms. The number of nitrogens with one attached hydrogen (secondary N) is 1. The zero-order valence-electron chi connectivity index (χ0n) is 12.8. The van der Waals surface area contributed by atoms with Gasteiger partial charge in [-0.1, -0.05) is 31.9 Å². The summed E-state index contributed by atoms with van der Waals surface area (Å²) in [7, 11) is 1.90. The standard InChI is InChI=1S/C15H28ClN3/c1-5-8-13(17-11-6-2)9-7-10-14-12(3)18-19(4)15(14)16/h13,17H,5-11H2,1-4H3. The molecule has 19 heavy (non-hydrogen) atoms. The summed E-state index contributed by atoms with van der Waals surface area (Å²) < 4.78 is 1.77. The van der Waals surface area contributed by atoms with E-state index in [1.807, 2.05) is 14.0 Å². The molecule has 0 aliphatic carbocycles. The fourth-order valence-electron chi connectivity index (χ4n) is 2.53. The normalized spacial score (nSPS) is 12.9. The number of aromatic nitrogens is 2. The van der Waals surface area contributed by atoms with E-state index in [2.05, 4.69) is 24.3 Å². The van der Waals surface area contributed by atoms with Crippen LogP contribution in [0.15, 0.2) is 0 Å². The minimum absolute atomic E-state index is 0.653. The van der Waals surface area contributed by atoms with Crippen LogP contribution in [0.3, 0.4) is 0 Å². The van der Waals surface area contributed by atoms with E-state index in [9.17, 15) is 0 Å². The fraction of sp³-hybridized carbons (Fsp3) is 0.800. The fourth-order valence-corrected chi connectivity index (χ4v) is 2.80. The molecular weight excluding hydrogens is 258 g/mol. The predicted octanol–water partition coefficient (Wildman–Crippen LogP) is 3.87. The third-order valence-corrected chi connectivity index (χ3v) is 4.04. The molecule has 3 nitrogen and oxygen atoms in total. The Bertz CT molecular complexity index is 374. The molecular formula is C15H28ClN3. The van der Waals surface area contributed by atoms with E-state index in [0.717, 1.165) is 23.8 Å². The van der Waals surface area contributed by atoms with Crippen molar-refractivity contribution in [2.24, 2.45) is 7.05 Å². The molecule has 1 unspecified atom stereocenters. The Balaban J connectivity index is 2.42. The summed E-state index contributed by atoms with van der Waals surface area (Å²) in [4.78, 5) is 0. The van der Waals surface area contributed by atoms with Gasteiger partial charge in [0.15, 0.2) is 0 Å². The van der Waals surface area contributed by atoms with Gasteiger partial charge in [0.05, 0.1) is 5.69 Å². The van der Waals surface area contributed by atoms with Crippen LogP contribution in [-0.2, 0) is 13.5 Å². The molecule has 0 aromatic carbocycles. The lowest BCUT2D eigenvalue weighted by molar-refractivity contribution is 0.437. The van der Waals surface area contributed by atoms with Crippen molar-refractivity contribution in [3.05, 3.63) is 16.4 Å². The van der Waals surface area contributed by atoms with Crippen LogP contribution >= 0.6 is 11.6 Å². The number of halogens is 1. The number of nitrogens with zero attached hydrogens (tertiary/aromatic N) is 2. The highest BCUT2D eigenvalue weighted by molar-refractivity contribution is 6.30. The molecule has 0 spiro atoms. The van der Waals surface area contributed by atoms with E-state index in [4.69, 9.17) is 11.6 Å². The maximum atomic E-state index is 6.26. The maximum Gasteiger partial charge on any atom is 0.130 e. The number of rotatable bonds is 9. The van der Waals surface area contributed by atoms with Crippen LogP contribution in [0, 0.1) is 6.92 Å². The lowest BCUT2D eigenvalue weighted by Gasteiger charge is -2.17. The molecule has 0 aliphatic rings. The highest BCUT2D eigenvalue weighted by atomic mass is 35.5. The molecule has 0 fully saturated rings. The monoisotopic (exact) mass is 285 g/mol. The Kier molecular flexibility index (Phi) is 7.47. The van der Waals surface area contributed by atoms with Gasteiger partial charge in [0.1, 0.15) is 5.15 Å². The summed E-state index contributed by atoms with van der Waals surface area (Å²) >= 11 is 6.26. The van der Waals surface area contributed by atoms with Gasteiger partial charge in [0, 0.05) is 18.7 Å². The molecule has 1 aromatic heterocycles. The van der Waals surface area contributed by atoms with Crippen molar-refractivity contribution in [1.82, 2.24) is 15.1 Å². The molecule has 0 saturated carbocycles. The minimum atomic E-state index is 0.653. The lowest BCUT2D eigenvalue weighted by atomic mass is 10.0. The van der Waals surface area contributed by atoms with Crippen molar-refractivity contribution in [3.63, 3.8) is 0 Å². The average Bonchev–Trinajstić information content (AvgIpc) is 2.62. The summed E-state index contributed by atoms with van der Waals surface area (Å²) in [5.41, 5.74) is 2.29. The van der Waals surface area contributed by atoms with Crippen LogP contribution in [0.5, 0.6) is 0 Å². The van der Waals surface area contributed by atoms with Crippen molar-refractivity contribution in [3.8, 4) is 0 Å². The average molecular weight is 286 g/mol. The van der Waals surface area contributed by atoms with Crippen molar-refractivity contribution in [2.45, 2.75) is 65.3 Å². The number of aryl methyl sites for hydroxylation is 2. The first-order chi connectivity index (χ1) is 9.10. The van der Waals surface area contributed by atoms with Gasteiger partial charge in [0.2, 0.25) is 0 Å². The number of hydrogen-bond acceptors (Lipinski definition) is 2. The van der Waals surface area contributed by atoms with Crippen LogP contribution in [0.2, 0.25) is 5.15 Å². The van der Waals surface area contributed by atoms with E-state index in [1.165, 1.54) is 37.7 Å². The smallest absolute Gasteiger partial charge is 0.130 e. The molecule has 1 heterocycles. The van der Waals surface area contributed by atoms with Gasteiger partial charge in [-0.25, -0.2) is 0 Å². The van der Waals surface area contributed by atoms with Crippen molar-refractivity contribution in [1.29, 1.82) is 0 Å². The summed E-state index contributed by atoms with van der Waals surface area (Å²) in [5, 5.41) is 8.80. The first-order valence-electron chi connectivity index (χ1n) is 7.51. The van der Waals surface area contributed by atoms with Gasteiger partial charge in [0.25, 0.3) is 0 Å². The SMILES string of the molecule is CCCNC(CCC)CCCc1c(C)nn(C)c1Cl. The Labute approximate surface area is 122 Å². The third-order valence-electron chi connectivity index (χ3n) is 3.57. The quantitative estimate of drug-likeness (QED) is 0.746. The zero-order valence-corrected chi connectivity index (χ0v) is 13.6. The maximum absolute atomic E-state index is 6.26. The molecule has 0 amide bonds. The molecule has 0 aliphatic heterocycles. The Morgan fingerprint density at radius 3 is 2.53 bits per heavy atom. The minimum Gasteiger partial charge on any atom is -0.314 e. The Morgan fingerprint density at radius 1 is 1.26 bits per heavy atom. The molecule has 1 aromatic rings. The predicted molar refractivity (Wildman–Crippen MR) is 82.9 cm³/mol. The summed E-state index contributed by atoms with van der Waals surface area (Å²) in [5.74, 6) is 0. The lowest BCUT2D eigenvalue weighted by Crippen LogP contribution is -2.29. The second kappa shape index (κ2) is 8.60. The zero-order chi connectivity index (χ0) is 14.3. The molecule has 0 saturated heterocycles. The van der Waals surface area contributed by atoms with E-state index in [1.54, 1.807) is 4.68 Å². The van der Waals surface area contributed by atoms with Gasteiger partial charge in [-0.05, 0) is 45.6 Å². The molecule has 1 N–H and O–H groups in total. The van der Waals surface area contributed by atoms with Gasteiger partial charge in [-0.15, -0.1) is 0 Å². The molecule has 0 radical (unpaired) electrons. The number of hydrogen-bond donors (Lipinski definition) is 1. The summed E-state index contributed by atoms with van der Waals surface area (Å²) in [6, 6.07) is 0.653. The molecule has 1 atom stereocenters. The van der Waals surface area contributed by atoms with Crippen LogP contribution in [0.25, 0.3) is 0 Å². The highest BCUT2D eigenvalue weighted by Gasteiger charge is 2.12. The van der Waals surface area contributed by atoms with Crippen molar-refractivity contribution in [2.75, 3.05) is 6.54 Å². The van der Waals surface area contributed by atoms with Crippen molar-refractivity contribution >= 4 is 11.6 Å². The van der Waals surface area contributed by atoms with Crippen LogP contribution in [0.4, 0.5) is 0 Å². The second-order valence-corrected chi connectivity index (χ2v) is 5.67. The van der Waals surface area contributed by atoms with Gasteiger partial charge >= 0.3 is 0 Å². The highest BCUT2D eigenvalue weighted by Crippen LogP contribution is 2.21. The third kappa shape index (κ3) is 5.15. The van der Waals surface area contributed by atoms with E-state index in [0.29, 0.717) is 6.04 Å². The summed E-state index contributed by atoms with van der Waals surface area (Å²) in [6.07, 6.45) is 7.14. The first-order valence-corrected chi connectivity index (χ1v) is 7.89.